The molecule has 184 valence electrons. The fourth-order valence-electron chi connectivity index (χ4n) is 4.43. The van der Waals surface area contributed by atoms with Crippen molar-refractivity contribution >= 4 is 41.8 Å². The maximum Gasteiger partial charge on any atom is 0.239 e. The van der Waals surface area contributed by atoms with Gasteiger partial charge in [0, 0.05) is 72.9 Å². The van der Waals surface area contributed by atoms with Crippen LogP contribution in [0.1, 0.15) is 31.7 Å². The zero-order valence-corrected chi connectivity index (χ0v) is 22.5. The van der Waals surface area contributed by atoms with Crippen molar-refractivity contribution in [3.05, 3.63) is 35.9 Å². The highest BCUT2D eigenvalue weighted by molar-refractivity contribution is 14.0. The summed E-state index contributed by atoms with van der Waals surface area (Å²) in [7, 11) is 3.62. The Morgan fingerprint density at radius 2 is 1.67 bits per heavy atom. The van der Waals surface area contributed by atoms with Gasteiger partial charge < -0.3 is 20.0 Å². The smallest absolute Gasteiger partial charge is 0.239 e. The number of hydrogen-bond donors (Lipinski definition) is 1. The second-order valence-electron chi connectivity index (χ2n) is 8.69. The van der Waals surface area contributed by atoms with E-state index in [1.807, 2.05) is 49.2 Å². The zero-order chi connectivity index (χ0) is 22.9. The van der Waals surface area contributed by atoms with Crippen molar-refractivity contribution in [2.24, 2.45) is 4.99 Å². The largest absolute Gasteiger partial charge is 0.356 e. The number of amides is 2. The summed E-state index contributed by atoms with van der Waals surface area (Å²) >= 11 is 0. The molecule has 8 nitrogen and oxygen atoms in total. The van der Waals surface area contributed by atoms with E-state index in [0.29, 0.717) is 19.5 Å². The van der Waals surface area contributed by atoms with Crippen LogP contribution in [-0.4, -0.2) is 103 Å². The molecule has 1 atom stereocenters. The Balaban J connectivity index is 0.00000385. The number of benzene rings is 1. The first kappa shape index (κ1) is 27.4. The summed E-state index contributed by atoms with van der Waals surface area (Å²) in [5.41, 5.74) is 1.13. The topological polar surface area (TPSA) is 71.5 Å². The van der Waals surface area contributed by atoms with Gasteiger partial charge in [-0.3, -0.25) is 19.5 Å². The third-order valence-corrected chi connectivity index (χ3v) is 6.46. The maximum atomic E-state index is 12.7. The molecular weight excluding hydrogens is 531 g/mol. The molecule has 2 saturated heterocycles. The van der Waals surface area contributed by atoms with Crippen LogP contribution in [0.2, 0.25) is 0 Å². The van der Waals surface area contributed by atoms with Gasteiger partial charge >= 0.3 is 0 Å². The van der Waals surface area contributed by atoms with Crippen LogP contribution in [0.4, 0.5) is 0 Å². The van der Waals surface area contributed by atoms with Crippen LogP contribution in [-0.2, 0) is 16.1 Å². The molecule has 2 aliphatic rings. The quantitative estimate of drug-likeness (QED) is 0.308. The van der Waals surface area contributed by atoms with Crippen molar-refractivity contribution in [3.8, 4) is 0 Å². The molecule has 0 spiro atoms. The summed E-state index contributed by atoms with van der Waals surface area (Å²) < 4.78 is 0. The van der Waals surface area contributed by atoms with E-state index in [1.165, 1.54) is 0 Å². The minimum absolute atomic E-state index is 0. The Morgan fingerprint density at radius 1 is 1.03 bits per heavy atom. The van der Waals surface area contributed by atoms with Crippen molar-refractivity contribution in [3.63, 3.8) is 0 Å². The van der Waals surface area contributed by atoms with Gasteiger partial charge in [-0.2, -0.15) is 0 Å². The van der Waals surface area contributed by atoms with Crippen molar-refractivity contribution in [1.29, 1.82) is 0 Å². The lowest BCUT2D eigenvalue weighted by molar-refractivity contribution is -0.135. The molecule has 0 saturated carbocycles. The molecule has 1 N–H and O–H groups in total. The van der Waals surface area contributed by atoms with E-state index in [-0.39, 0.29) is 41.8 Å². The number of nitrogens with one attached hydrogen (secondary N) is 1. The molecule has 2 fully saturated rings. The summed E-state index contributed by atoms with van der Waals surface area (Å²) in [4.78, 5) is 37.8. The van der Waals surface area contributed by atoms with Gasteiger partial charge in [0.2, 0.25) is 11.8 Å². The number of hydrogen-bond acceptors (Lipinski definition) is 4. The Labute approximate surface area is 215 Å². The Bertz CT molecular complexity index is 776. The number of nitrogens with zero attached hydrogens (tertiary/aromatic N) is 5. The van der Waals surface area contributed by atoms with E-state index in [2.05, 4.69) is 20.1 Å². The summed E-state index contributed by atoms with van der Waals surface area (Å²) in [6.45, 7) is 8.30. The molecule has 9 heteroatoms. The molecule has 1 aromatic carbocycles. The van der Waals surface area contributed by atoms with Gasteiger partial charge in [0.1, 0.15) is 0 Å². The summed E-state index contributed by atoms with van der Waals surface area (Å²) in [6, 6.07) is 9.95. The molecule has 0 aromatic heterocycles. The number of piperazine rings is 1. The average molecular weight is 571 g/mol. The van der Waals surface area contributed by atoms with Crippen LogP contribution in [0.15, 0.2) is 35.3 Å². The normalized spacial score (nSPS) is 18.0. The van der Waals surface area contributed by atoms with E-state index >= 15 is 0 Å². The van der Waals surface area contributed by atoms with Crippen LogP contribution >= 0.6 is 24.0 Å². The molecule has 0 aliphatic carbocycles. The third-order valence-electron chi connectivity index (χ3n) is 6.46. The van der Waals surface area contributed by atoms with Gasteiger partial charge in [0.15, 0.2) is 5.96 Å². The van der Waals surface area contributed by atoms with Gasteiger partial charge in [-0.1, -0.05) is 30.3 Å². The van der Waals surface area contributed by atoms with E-state index in [0.717, 1.165) is 63.6 Å². The van der Waals surface area contributed by atoms with E-state index in [1.54, 1.807) is 11.9 Å². The van der Waals surface area contributed by atoms with Crippen molar-refractivity contribution in [2.75, 3.05) is 59.9 Å². The van der Waals surface area contributed by atoms with E-state index in [9.17, 15) is 9.59 Å². The highest BCUT2D eigenvalue weighted by Gasteiger charge is 2.30. The standard InChI is InChI=1S/C24H38N6O2.HI/c1-20(23(32)29-13-7-8-14-29)28-15-17-30(18-16-28)24(25-2)26-12-11-22(31)27(3)19-21-9-5-4-6-10-21;/h4-6,9-10,20H,7-8,11-19H2,1-3H3,(H,25,26);1H. The van der Waals surface area contributed by atoms with Gasteiger partial charge in [-0.15, -0.1) is 24.0 Å². The van der Waals surface area contributed by atoms with E-state index in [4.69, 9.17) is 0 Å². The maximum absolute atomic E-state index is 12.7. The summed E-state index contributed by atoms with van der Waals surface area (Å²) in [5, 5.41) is 3.34. The van der Waals surface area contributed by atoms with Crippen LogP contribution in [0, 0.1) is 0 Å². The minimum Gasteiger partial charge on any atom is -0.356 e. The predicted molar refractivity (Wildman–Crippen MR) is 143 cm³/mol. The first-order chi connectivity index (χ1) is 15.5. The Hall–Kier alpha value is -1.88. The fraction of sp³-hybridized carbons (Fsp3) is 0.625. The van der Waals surface area contributed by atoms with Gasteiger partial charge in [0.05, 0.1) is 6.04 Å². The number of halogens is 1. The molecule has 1 aromatic rings. The Kier molecular flexibility index (Phi) is 11.4. The van der Waals surface area contributed by atoms with Crippen molar-refractivity contribution in [2.45, 2.75) is 38.8 Å². The fourth-order valence-corrected chi connectivity index (χ4v) is 4.43. The van der Waals surface area contributed by atoms with Crippen molar-refractivity contribution in [1.82, 2.24) is 24.9 Å². The van der Waals surface area contributed by atoms with Crippen LogP contribution in [0.25, 0.3) is 0 Å². The number of guanidine groups is 1. The molecule has 33 heavy (non-hydrogen) atoms. The molecule has 0 radical (unpaired) electrons. The predicted octanol–water partition coefficient (Wildman–Crippen LogP) is 1.86. The average Bonchev–Trinajstić information content (AvgIpc) is 3.36. The third kappa shape index (κ3) is 7.84. The molecule has 0 bridgehead atoms. The molecule has 3 rings (SSSR count). The number of carbonyl (C=O) groups is 2. The lowest BCUT2D eigenvalue weighted by Crippen LogP contribution is -2.57. The number of aliphatic imine (C=N–C) groups is 1. The zero-order valence-electron chi connectivity index (χ0n) is 20.2. The second-order valence-corrected chi connectivity index (χ2v) is 8.69. The van der Waals surface area contributed by atoms with Crippen LogP contribution in [0.3, 0.4) is 0 Å². The lowest BCUT2D eigenvalue weighted by atomic mass is 10.2. The van der Waals surface area contributed by atoms with Crippen LogP contribution < -0.4 is 5.32 Å². The van der Waals surface area contributed by atoms with E-state index < -0.39 is 0 Å². The molecule has 1 unspecified atom stereocenters. The molecular formula is C24H39IN6O2. The SMILES string of the molecule is CN=C(NCCC(=O)N(C)Cc1ccccc1)N1CCN(C(C)C(=O)N2CCCC2)CC1.I. The Morgan fingerprint density at radius 3 is 2.27 bits per heavy atom. The first-order valence-electron chi connectivity index (χ1n) is 11.8. The summed E-state index contributed by atoms with van der Waals surface area (Å²) in [5.74, 6) is 1.19. The monoisotopic (exact) mass is 570 g/mol. The van der Waals surface area contributed by atoms with Gasteiger partial charge in [-0.25, -0.2) is 0 Å². The highest BCUT2D eigenvalue weighted by atomic mass is 127. The molecule has 2 amide bonds. The van der Waals surface area contributed by atoms with Gasteiger partial charge in [-0.05, 0) is 25.3 Å². The van der Waals surface area contributed by atoms with Crippen molar-refractivity contribution < 1.29 is 9.59 Å². The second kappa shape index (κ2) is 13.7. The lowest BCUT2D eigenvalue weighted by Gasteiger charge is -2.39. The van der Waals surface area contributed by atoms with Crippen LogP contribution in [0.5, 0.6) is 0 Å². The highest BCUT2D eigenvalue weighted by Crippen LogP contribution is 2.14. The molecule has 2 heterocycles. The minimum atomic E-state index is -0.0667. The number of rotatable bonds is 7. The van der Waals surface area contributed by atoms with Gasteiger partial charge in [0.25, 0.3) is 0 Å². The summed E-state index contributed by atoms with van der Waals surface area (Å²) in [6.07, 6.45) is 2.67. The first-order valence-corrected chi connectivity index (χ1v) is 11.8. The number of likely N-dealkylation sites (tertiary alicyclic amines) is 1. The number of carbonyl (C=O) groups excluding carboxylic acids is 2. The molecule has 2 aliphatic heterocycles.